The van der Waals surface area contributed by atoms with E-state index in [-0.39, 0.29) is 10.6 Å². The number of rotatable bonds is 9. The van der Waals surface area contributed by atoms with E-state index in [0.717, 1.165) is 68.3 Å². The zero-order valence-electron chi connectivity index (χ0n) is 16.8. The van der Waals surface area contributed by atoms with Crippen LogP contribution < -0.4 is 9.62 Å². The first-order valence-electron chi connectivity index (χ1n) is 9.96. The van der Waals surface area contributed by atoms with Crippen LogP contribution in [-0.2, 0) is 11.0 Å². The molecule has 0 aromatic heterocycles. The van der Waals surface area contributed by atoms with Crippen molar-refractivity contribution in [3.8, 4) is 0 Å². The third kappa shape index (κ3) is 6.35. The highest BCUT2D eigenvalue weighted by atomic mass is 32.2. The third-order valence-electron chi connectivity index (χ3n) is 5.15. The molecule has 2 aromatic carbocycles. The maximum atomic E-state index is 12.2. The molecular formula is C21H28N4O3S. The van der Waals surface area contributed by atoms with Crippen molar-refractivity contribution in [1.82, 2.24) is 9.62 Å². The van der Waals surface area contributed by atoms with Gasteiger partial charge in [-0.25, -0.2) is 8.93 Å². The highest BCUT2D eigenvalue weighted by Gasteiger charge is 2.18. The van der Waals surface area contributed by atoms with Crippen LogP contribution in [-0.4, -0.2) is 53.3 Å². The summed E-state index contributed by atoms with van der Waals surface area (Å²) in [5, 5.41) is 11.0. The first kappa shape index (κ1) is 21.4. The Morgan fingerprint density at radius 1 is 1.07 bits per heavy atom. The van der Waals surface area contributed by atoms with Crippen LogP contribution in [0, 0.1) is 17.0 Å². The number of nitrogens with zero attached hydrogens (tertiary/aromatic N) is 3. The molecule has 0 bridgehead atoms. The van der Waals surface area contributed by atoms with Crippen molar-refractivity contribution in [3.63, 3.8) is 0 Å². The van der Waals surface area contributed by atoms with Crippen molar-refractivity contribution < 1.29 is 9.13 Å². The number of non-ortho nitro benzene ring substituents is 1. The number of nitro groups is 1. The number of nitro benzene ring substituents is 1. The number of aryl methyl sites for hydroxylation is 1. The van der Waals surface area contributed by atoms with Crippen molar-refractivity contribution in [2.45, 2.75) is 24.7 Å². The maximum absolute atomic E-state index is 12.2. The summed E-state index contributed by atoms with van der Waals surface area (Å²) in [4.78, 5) is 16.0. The van der Waals surface area contributed by atoms with E-state index in [2.05, 4.69) is 14.5 Å². The first-order chi connectivity index (χ1) is 14.0. The molecule has 1 heterocycles. The van der Waals surface area contributed by atoms with E-state index < -0.39 is 11.0 Å². The van der Waals surface area contributed by atoms with E-state index in [4.69, 9.17) is 0 Å². The largest absolute Gasteiger partial charge is 0.369 e. The highest BCUT2D eigenvalue weighted by molar-refractivity contribution is 7.83. The van der Waals surface area contributed by atoms with Gasteiger partial charge in [0.15, 0.2) is 0 Å². The van der Waals surface area contributed by atoms with Gasteiger partial charge >= 0.3 is 0 Å². The van der Waals surface area contributed by atoms with Crippen molar-refractivity contribution in [2.75, 3.05) is 44.2 Å². The quantitative estimate of drug-likeness (QED) is 0.386. The second-order valence-electron chi connectivity index (χ2n) is 7.29. The Morgan fingerprint density at radius 2 is 1.79 bits per heavy atom. The molecule has 1 saturated heterocycles. The Balaban J connectivity index is 1.33. The molecule has 1 unspecified atom stereocenters. The van der Waals surface area contributed by atoms with Crippen LogP contribution in [0.15, 0.2) is 53.4 Å². The molecule has 0 radical (unpaired) electrons. The lowest BCUT2D eigenvalue weighted by atomic mass is 10.2. The SMILES string of the molecule is Cc1ccc(S(=O)NCCCCN2CCN(c3cccc([N+](=O)[O-])c3)CC2)cc1. The van der Waals surface area contributed by atoms with Crippen LogP contribution in [0.2, 0.25) is 0 Å². The Morgan fingerprint density at radius 3 is 2.48 bits per heavy atom. The fourth-order valence-corrected chi connectivity index (χ4v) is 4.28. The topological polar surface area (TPSA) is 78.7 Å². The molecule has 1 aliphatic rings. The van der Waals surface area contributed by atoms with Crippen LogP contribution >= 0.6 is 0 Å². The minimum Gasteiger partial charge on any atom is -0.369 e. The number of piperazine rings is 1. The summed E-state index contributed by atoms with van der Waals surface area (Å²) in [6.07, 6.45) is 2.03. The smallest absolute Gasteiger partial charge is 0.271 e. The van der Waals surface area contributed by atoms with Crippen molar-refractivity contribution in [3.05, 3.63) is 64.2 Å². The molecule has 1 aliphatic heterocycles. The molecule has 8 heteroatoms. The standard InChI is InChI=1S/C21H28N4O3S/c1-18-7-9-21(10-8-18)29(28)22-11-2-3-12-23-13-15-24(16-14-23)19-5-4-6-20(17-19)25(26)27/h4-10,17,22H,2-3,11-16H2,1H3. The molecule has 0 spiro atoms. The number of anilines is 1. The second kappa shape index (κ2) is 10.5. The van der Waals surface area contributed by atoms with Crippen molar-refractivity contribution >= 4 is 22.4 Å². The molecule has 0 saturated carbocycles. The fourth-order valence-electron chi connectivity index (χ4n) is 3.40. The second-order valence-corrected chi connectivity index (χ2v) is 8.59. The normalized spacial score (nSPS) is 16.0. The zero-order chi connectivity index (χ0) is 20.6. The Hall–Kier alpha value is -2.29. The van der Waals surface area contributed by atoms with Crippen molar-refractivity contribution in [2.24, 2.45) is 0 Å². The number of hydrogen-bond acceptors (Lipinski definition) is 5. The summed E-state index contributed by atoms with van der Waals surface area (Å²) in [6, 6.07) is 14.6. The average Bonchev–Trinajstić information content (AvgIpc) is 2.74. The third-order valence-corrected chi connectivity index (χ3v) is 6.31. The zero-order valence-corrected chi connectivity index (χ0v) is 17.6. The average molecular weight is 417 g/mol. The minimum absolute atomic E-state index is 0.139. The van der Waals surface area contributed by atoms with Gasteiger partial charge in [0.25, 0.3) is 5.69 Å². The Labute approximate surface area is 174 Å². The summed E-state index contributed by atoms with van der Waals surface area (Å²) < 4.78 is 15.3. The van der Waals surface area contributed by atoms with E-state index in [1.807, 2.05) is 37.3 Å². The molecule has 1 atom stereocenters. The Bertz CT molecular complexity index is 836. The van der Waals surface area contributed by atoms with Gasteiger partial charge < -0.3 is 4.90 Å². The lowest BCUT2D eigenvalue weighted by Gasteiger charge is -2.36. The van der Waals surface area contributed by atoms with Crippen LogP contribution in [0.1, 0.15) is 18.4 Å². The number of benzene rings is 2. The van der Waals surface area contributed by atoms with Gasteiger partial charge in [-0.2, -0.15) is 0 Å². The van der Waals surface area contributed by atoms with Gasteiger partial charge in [-0.3, -0.25) is 15.0 Å². The minimum atomic E-state index is -1.15. The van der Waals surface area contributed by atoms with Gasteiger partial charge in [0.05, 0.1) is 9.82 Å². The summed E-state index contributed by atoms with van der Waals surface area (Å²) in [6.45, 7) is 7.41. The Kier molecular flexibility index (Phi) is 7.74. The molecule has 1 N–H and O–H groups in total. The first-order valence-corrected chi connectivity index (χ1v) is 11.1. The molecule has 0 amide bonds. The summed E-state index contributed by atoms with van der Waals surface area (Å²) in [7, 11) is -1.15. The number of nitrogens with one attached hydrogen (secondary N) is 1. The fraction of sp³-hybridized carbons (Fsp3) is 0.429. The van der Waals surface area contributed by atoms with E-state index in [9.17, 15) is 14.3 Å². The molecule has 2 aromatic rings. The maximum Gasteiger partial charge on any atom is 0.271 e. The van der Waals surface area contributed by atoms with Gasteiger partial charge in [0, 0.05) is 50.5 Å². The van der Waals surface area contributed by atoms with Gasteiger partial charge in [-0.05, 0) is 44.5 Å². The van der Waals surface area contributed by atoms with Crippen LogP contribution in [0.25, 0.3) is 0 Å². The summed E-state index contributed by atoms with van der Waals surface area (Å²) in [5.41, 5.74) is 2.22. The molecular weight excluding hydrogens is 388 g/mol. The molecule has 1 fully saturated rings. The van der Waals surface area contributed by atoms with E-state index in [0.29, 0.717) is 0 Å². The van der Waals surface area contributed by atoms with Gasteiger partial charge in [0.1, 0.15) is 11.0 Å². The number of unbranched alkanes of at least 4 members (excludes halogenated alkanes) is 1. The molecule has 156 valence electrons. The molecule has 0 aliphatic carbocycles. The summed E-state index contributed by atoms with van der Waals surface area (Å²) in [5.74, 6) is 0. The van der Waals surface area contributed by atoms with Gasteiger partial charge in [-0.1, -0.05) is 23.8 Å². The monoisotopic (exact) mass is 416 g/mol. The number of hydrogen-bond donors (Lipinski definition) is 1. The van der Waals surface area contributed by atoms with Gasteiger partial charge in [-0.15, -0.1) is 0 Å². The van der Waals surface area contributed by atoms with Gasteiger partial charge in [0.2, 0.25) is 0 Å². The van der Waals surface area contributed by atoms with E-state index in [1.54, 1.807) is 12.1 Å². The molecule has 7 nitrogen and oxygen atoms in total. The van der Waals surface area contributed by atoms with Crippen molar-refractivity contribution in [1.29, 1.82) is 0 Å². The van der Waals surface area contributed by atoms with Crippen LogP contribution in [0.5, 0.6) is 0 Å². The highest BCUT2D eigenvalue weighted by Crippen LogP contribution is 2.22. The lowest BCUT2D eigenvalue weighted by molar-refractivity contribution is -0.384. The van der Waals surface area contributed by atoms with Crippen LogP contribution in [0.4, 0.5) is 11.4 Å². The van der Waals surface area contributed by atoms with E-state index >= 15 is 0 Å². The predicted octanol–water partition coefficient (Wildman–Crippen LogP) is 3.12. The lowest BCUT2D eigenvalue weighted by Crippen LogP contribution is -2.46. The predicted molar refractivity (Wildman–Crippen MR) is 117 cm³/mol. The summed E-state index contributed by atoms with van der Waals surface area (Å²) >= 11 is 0. The molecule has 29 heavy (non-hydrogen) atoms. The van der Waals surface area contributed by atoms with Crippen LogP contribution in [0.3, 0.4) is 0 Å². The van der Waals surface area contributed by atoms with E-state index in [1.165, 1.54) is 6.07 Å². The molecule has 3 rings (SSSR count).